The maximum Gasteiger partial charge on any atom is 0.308 e. The molecule has 0 aliphatic carbocycles. The van der Waals surface area contributed by atoms with E-state index in [2.05, 4.69) is 5.32 Å². The summed E-state index contributed by atoms with van der Waals surface area (Å²) in [5, 5.41) is 12.4. The molecule has 1 heterocycles. The molecule has 0 aromatic heterocycles. The van der Waals surface area contributed by atoms with Crippen molar-refractivity contribution < 1.29 is 24.2 Å². The lowest BCUT2D eigenvalue weighted by atomic mass is 10.1. The zero-order chi connectivity index (χ0) is 20.3. The Hall–Kier alpha value is -2.77. The van der Waals surface area contributed by atoms with E-state index in [-0.39, 0.29) is 31.4 Å². The Balaban J connectivity index is 1.54. The smallest absolute Gasteiger partial charge is 0.308 e. The van der Waals surface area contributed by atoms with Crippen LogP contribution in [0.15, 0.2) is 42.5 Å². The van der Waals surface area contributed by atoms with Crippen LogP contribution in [-0.4, -0.2) is 36.0 Å². The molecule has 2 N–H and O–H groups in total. The predicted molar refractivity (Wildman–Crippen MR) is 105 cm³/mol. The Morgan fingerprint density at radius 2 is 1.86 bits per heavy atom. The molecule has 28 heavy (non-hydrogen) atoms. The van der Waals surface area contributed by atoms with E-state index in [1.54, 1.807) is 36.4 Å². The van der Waals surface area contributed by atoms with E-state index in [1.165, 1.54) is 11.0 Å². The second kappa shape index (κ2) is 8.50. The molecule has 1 saturated heterocycles. The average molecular weight is 423 g/mol. The third-order valence-electron chi connectivity index (χ3n) is 4.20. The molecule has 3 rings (SSSR count). The molecule has 2 aromatic carbocycles. The maximum absolute atomic E-state index is 12.0. The second-order valence-corrected chi connectivity index (χ2v) is 7.02. The fraction of sp³-hybridized carbons (Fsp3) is 0.211. The lowest BCUT2D eigenvalue weighted by Gasteiger charge is -2.16. The summed E-state index contributed by atoms with van der Waals surface area (Å²) in [5.74, 6) is -1.85. The Kier molecular flexibility index (Phi) is 6.06. The highest BCUT2D eigenvalue weighted by atomic mass is 35.5. The number of aliphatic carboxylic acids is 1. The van der Waals surface area contributed by atoms with Crippen molar-refractivity contribution in [1.29, 1.82) is 0 Å². The molecule has 7 nitrogen and oxygen atoms in total. The molecule has 1 aliphatic heterocycles. The van der Waals surface area contributed by atoms with Crippen LogP contribution in [0.1, 0.15) is 6.42 Å². The van der Waals surface area contributed by atoms with Gasteiger partial charge in [0.2, 0.25) is 5.91 Å². The fourth-order valence-electron chi connectivity index (χ4n) is 2.76. The Morgan fingerprint density at radius 3 is 2.46 bits per heavy atom. The number of carboxylic acids is 1. The molecule has 1 atom stereocenters. The van der Waals surface area contributed by atoms with E-state index < -0.39 is 11.9 Å². The van der Waals surface area contributed by atoms with E-state index in [0.717, 1.165) is 0 Å². The normalized spacial score (nSPS) is 16.1. The van der Waals surface area contributed by atoms with Gasteiger partial charge in [-0.1, -0.05) is 23.2 Å². The fourth-order valence-corrected chi connectivity index (χ4v) is 3.06. The summed E-state index contributed by atoms with van der Waals surface area (Å²) in [6.45, 7) is -0.0796. The van der Waals surface area contributed by atoms with Crippen molar-refractivity contribution in [1.82, 2.24) is 0 Å². The molecule has 0 saturated carbocycles. The third-order valence-corrected chi connectivity index (χ3v) is 4.93. The molecule has 0 unspecified atom stereocenters. The van der Waals surface area contributed by atoms with Gasteiger partial charge in [0.05, 0.1) is 16.0 Å². The first-order chi connectivity index (χ1) is 13.3. The largest absolute Gasteiger partial charge is 0.484 e. The average Bonchev–Trinajstić information content (AvgIpc) is 3.06. The van der Waals surface area contributed by atoms with Crippen molar-refractivity contribution in [2.75, 3.05) is 23.4 Å². The van der Waals surface area contributed by atoms with Crippen molar-refractivity contribution >= 4 is 52.4 Å². The number of anilines is 2. The summed E-state index contributed by atoms with van der Waals surface area (Å²) in [4.78, 5) is 36.4. The summed E-state index contributed by atoms with van der Waals surface area (Å²) in [5.41, 5.74) is 1.08. The standard InChI is InChI=1S/C19H16Cl2N2O5/c20-15-6-1-12(8-16(15)21)22-17(24)10-28-14-4-2-13(3-5-14)23-9-11(19(26)27)7-18(23)25/h1-6,8,11H,7,9-10H2,(H,22,24)(H,26,27)/t11-/m0/s1. The van der Waals surface area contributed by atoms with Gasteiger partial charge in [0.15, 0.2) is 6.61 Å². The van der Waals surface area contributed by atoms with Gasteiger partial charge in [-0.15, -0.1) is 0 Å². The first kappa shape index (κ1) is 20.0. The van der Waals surface area contributed by atoms with Crippen LogP contribution in [-0.2, 0) is 14.4 Å². The number of amides is 2. The first-order valence-electron chi connectivity index (χ1n) is 8.34. The van der Waals surface area contributed by atoms with Crippen LogP contribution in [0.2, 0.25) is 10.0 Å². The van der Waals surface area contributed by atoms with Crippen LogP contribution in [0.5, 0.6) is 5.75 Å². The van der Waals surface area contributed by atoms with Crippen LogP contribution in [0.25, 0.3) is 0 Å². The van der Waals surface area contributed by atoms with Gasteiger partial charge in [-0.3, -0.25) is 14.4 Å². The summed E-state index contributed by atoms with van der Waals surface area (Å²) in [6.07, 6.45) is -0.0114. The minimum absolute atomic E-state index is 0.0114. The highest BCUT2D eigenvalue weighted by Crippen LogP contribution is 2.27. The van der Waals surface area contributed by atoms with Gasteiger partial charge in [-0.25, -0.2) is 0 Å². The zero-order valence-electron chi connectivity index (χ0n) is 14.5. The number of nitrogens with one attached hydrogen (secondary N) is 1. The molecule has 1 aliphatic rings. The molecule has 0 radical (unpaired) electrons. The molecule has 0 bridgehead atoms. The van der Waals surface area contributed by atoms with Gasteiger partial charge in [0.1, 0.15) is 5.75 Å². The summed E-state index contributed by atoms with van der Waals surface area (Å²) in [7, 11) is 0. The van der Waals surface area contributed by atoms with E-state index in [0.29, 0.717) is 27.2 Å². The van der Waals surface area contributed by atoms with E-state index in [4.69, 9.17) is 33.0 Å². The highest BCUT2D eigenvalue weighted by molar-refractivity contribution is 6.42. The number of carbonyl (C=O) groups is 3. The van der Waals surface area contributed by atoms with Gasteiger partial charge in [0, 0.05) is 24.3 Å². The highest BCUT2D eigenvalue weighted by Gasteiger charge is 2.34. The van der Waals surface area contributed by atoms with E-state index in [1.807, 2.05) is 0 Å². The van der Waals surface area contributed by atoms with Gasteiger partial charge >= 0.3 is 5.97 Å². The lowest BCUT2D eigenvalue weighted by molar-refractivity contribution is -0.141. The number of rotatable bonds is 6. The van der Waals surface area contributed by atoms with Gasteiger partial charge < -0.3 is 20.1 Å². The number of benzene rings is 2. The van der Waals surface area contributed by atoms with E-state index in [9.17, 15) is 14.4 Å². The van der Waals surface area contributed by atoms with Crippen LogP contribution in [0, 0.1) is 5.92 Å². The summed E-state index contributed by atoms with van der Waals surface area (Å²) >= 11 is 11.7. The van der Waals surface area contributed by atoms with Gasteiger partial charge in [-0.2, -0.15) is 0 Å². The lowest BCUT2D eigenvalue weighted by Crippen LogP contribution is -2.25. The van der Waals surface area contributed by atoms with Crippen LogP contribution in [0.3, 0.4) is 0 Å². The Bertz CT molecular complexity index is 917. The van der Waals surface area contributed by atoms with Gasteiger partial charge in [0.25, 0.3) is 5.91 Å². The monoisotopic (exact) mass is 422 g/mol. The van der Waals surface area contributed by atoms with Crippen LogP contribution < -0.4 is 15.0 Å². The quantitative estimate of drug-likeness (QED) is 0.742. The van der Waals surface area contributed by atoms with Crippen molar-refractivity contribution in [3.8, 4) is 5.75 Å². The van der Waals surface area contributed by atoms with E-state index >= 15 is 0 Å². The minimum Gasteiger partial charge on any atom is -0.484 e. The maximum atomic E-state index is 12.0. The van der Waals surface area contributed by atoms with Crippen molar-refractivity contribution in [3.05, 3.63) is 52.5 Å². The van der Waals surface area contributed by atoms with Gasteiger partial charge in [-0.05, 0) is 42.5 Å². The first-order valence-corrected chi connectivity index (χ1v) is 9.10. The topological polar surface area (TPSA) is 95.9 Å². The number of nitrogens with zero attached hydrogens (tertiary/aromatic N) is 1. The number of ether oxygens (including phenoxy) is 1. The molecular weight excluding hydrogens is 407 g/mol. The molecule has 1 fully saturated rings. The Labute approximate surface area is 170 Å². The summed E-state index contributed by atoms with van der Waals surface area (Å²) in [6, 6.07) is 11.3. The van der Waals surface area contributed by atoms with Crippen molar-refractivity contribution in [2.45, 2.75) is 6.42 Å². The second-order valence-electron chi connectivity index (χ2n) is 6.20. The molecule has 9 heteroatoms. The summed E-state index contributed by atoms with van der Waals surface area (Å²) < 4.78 is 5.43. The number of hydrogen-bond donors (Lipinski definition) is 2. The van der Waals surface area contributed by atoms with Crippen LogP contribution in [0.4, 0.5) is 11.4 Å². The van der Waals surface area contributed by atoms with Crippen molar-refractivity contribution in [2.24, 2.45) is 5.92 Å². The Morgan fingerprint density at radius 1 is 1.14 bits per heavy atom. The molecule has 0 spiro atoms. The predicted octanol–water partition coefficient (Wildman–Crippen LogP) is 3.45. The number of carbonyl (C=O) groups excluding carboxylic acids is 2. The third kappa shape index (κ3) is 4.74. The SMILES string of the molecule is O=C(COc1ccc(N2C[C@@H](C(=O)O)CC2=O)cc1)Nc1ccc(Cl)c(Cl)c1. The molecular formula is C19H16Cl2N2O5. The molecule has 2 aromatic rings. The molecule has 146 valence electrons. The van der Waals surface area contributed by atoms with Crippen molar-refractivity contribution in [3.63, 3.8) is 0 Å². The minimum atomic E-state index is -0.983. The number of carboxylic acid groups (broad SMARTS) is 1. The number of halogens is 2. The zero-order valence-corrected chi connectivity index (χ0v) is 16.0. The van der Waals surface area contributed by atoms with Crippen LogP contribution >= 0.6 is 23.2 Å². The molecule has 2 amide bonds. The number of hydrogen-bond acceptors (Lipinski definition) is 4.